The molecule has 10 heteroatoms. The van der Waals surface area contributed by atoms with Crippen molar-refractivity contribution in [3.05, 3.63) is 22.7 Å². The van der Waals surface area contributed by atoms with Gasteiger partial charge in [0.2, 0.25) is 0 Å². The summed E-state index contributed by atoms with van der Waals surface area (Å²) in [6.07, 6.45) is -0.375. The summed E-state index contributed by atoms with van der Waals surface area (Å²) >= 11 is 6.10. The summed E-state index contributed by atoms with van der Waals surface area (Å²) in [5, 5.41) is 3.23. The van der Waals surface area contributed by atoms with Crippen LogP contribution in [0, 0.1) is 5.92 Å². The normalized spacial score (nSPS) is 19.7. The van der Waals surface area contributed by atoms with Gasteiger partial charge >= 0.3 is 6.09 Å². The zero-order valence-corrected chi connectivity index (χ0v) is 20.6. The minimum atomic E-state index is -0.481. The van der Waals surface area contributed by atoms with Gasteiger partial charge < -0.3 is 30.2 Å². The van der Waals surface area contributed by atoms with Crippen LogP contribution in [0.25, 0.3) is 0 Å². The Kier molecular flexibility index (Phi) is 8.31. The number of benzene rings is 1. The highest BCUT2D eigenvalue weighted by atomic mass is 35.5. The molecule has 184 valence electrons. The van der Waals surface area contributed by atoms with Crippen LogP contribution in [0.2, 0.25) is 5.02 Å². The third kappa shape index (κ3) is 7.12. The van der Waals surface area contributed by atoms with Crippen molar-refractivity contribution in [1.29, 1.82) is 0 Å². The number of ether oxygens (including phenoxy) is 3. The predicted octanol–water partition coefficient (Wildman–Crippen LogP) is 2.62. The summed E-state index contributed by atoms with van der Waals surface area (Å²) < 4.78 is 16.8. The van der Waals surface area contributed by atoms with E-state index in [1.165, 1.54) is 6.07 Å². The van der Waals surface area contributed by atoms with Crippen molar-refractivity contribution >= 4 is 29.3 Å². The Morgan fingerprint density at radius 1 is 1.27 bits per heavy atom. The van der Waals surface area contributed by atoms with E-state index in [-0.39, 0.29) is 18.1 Å². The number of hydrogen-bond donors (Lipinski definition) is 2. The molecular formula is C23H35ClN4O5. The zero-order chi connectivity index (χ0) is 24.2. The van der Waals surface area contributed by atoms with Gasteiger partial charge in [0.05, 0.1) is 35.6 Å². The Balaban J connectivity index is 1.45. The van der Waals surface area contributed by atoms with Crippen LogP contribution in [-0.2, 0) is 9.47 Å². The van der Waals surface area contributed by atoms with E-state index in [0.717, 1.165) is 13.1 Å². The number of hydrogen-bond acceptors (Lipinski definition) is 7. The van der Waals surface area contributed by atoms with Crippen LogP contribution in [0.15, 0.2) is 12.1 Å². The minimum Gasteiger partial charge on any atom is -0.493 e. The Labute approximate surface area is 200 Å². The molecule has 2 aliphatic heterocycles. The largest absolute Gasteiger partial charge is 0.493 e. The first-order valence-electron chi connectivity index (χ1n) is 11.4. The van der Waals surface area contributed by atoms with Gasteiger partial charge in [-0.2, -0.15) is 0 Å². The fourth-order valence-electron chi connectivity index (χ4n) is 3.92. The fourth-order valence-corrected chi connectivity index (χ4v) is 4.08. The first-order valence-corrected chi connectivity index (χ1v) is 11.8. The number of amides is 2. The highest BCUT2D eigenvalue weighted by Crippen LogP contribution is 2.29. The number of halogens is 1. The van der Waals surface area contributed by atoms with Crippen molar-refractivity contribution in [2.75, 3.05) is 58.2 Å². The van der Waals surface area contributed by atoms with Gasteiger partial charge in [-0.15, -0.1) is 0 Å². The smallest absolute Gasteiger partial charge is 0.410 e. The van der Waals surface area contributed by atoms with Crippen molar-refractivity contribution in [1.82, 2.24) is 15.1 Å². The lowest BCUT2D eigenvalue weighted by molar-refractivity contribution is -0.0453. The molecule has 3 rings (SSSR count). The quantitative estimate of drug-likeness (QED) is 0.575. The van der Waals surface area contributed by atoms with Gasteiger partial charge in [0, 0.05) is 51.3 Å². The number of nitrogens with zero attached hydrogens (tertiary/aromatic N) is 2. The number of anilines is 1. The van der Waals surface area contributed by atoms with Gasteiger partial charge in [-0.05, 0) is 33.8 Å². The van der Waals surface area contributed by atoms with Crippen molar-refractivity contribution in [3.8, 4) is 5.75 Å². The van der Waals surface area contributed by atoms with Crippen LogP contribution in [0.5, 0.6) is 5.75 Å². The van der Waals surface area contributed by atoms with Crippen LogP contribution in [0.1, 0.15) is 38.1 Å². The molecule has 0 aliphatic carbocycles. The second kappa shape index (κ2) is 10.8. The fraction of sp³-hybridized carbons (Fsp3) is 0.652. The lowest BCUT2D eigenvalue weighted by Gasteiger charge is -2.43. The molecule has 0 aromatic heterocycles. The summed E-state index contributed by atoms with van der Waals surface area (Å²) in [5.74, 6) is 0.534. The Morgan fingerprint density at radius 3 is 2.67 bits per heavy atom. The second-order valence-electron chi connectivity index (χ2n) is 9.52. The van der Waals surface area contributed by atoms with Crippen LogP contribution in [-0.4, -0.2) is 86.0 Å². The number of carbonyl (C=O) groups is 2. The number of nitrogens with one attached hydrogen (secondary N) is 1. The van der Waals surface area contributed by atoms with E-state index in [9.17, 15) is 9.59 Å². The molecular weight excluding hydrogens is 448 g/mol. The van der Waals surface area contributed by atoms with E-state index >= 15 is 0 Å². The molecule has 3 N–H and O–H groups in total. The van der Waals surface area contributed by atoms with Crippen molar-refractivity contribution in [3.63, 3.8) is 0 Å². The number of rotatable bonds is 7. The predicted molar refractivity (Wildman–Crippen MR) is 127 cm³/mol. The first kappa shape index (κ1) is 25.4. The van der Waals surface area contributed by atoms with Crippen molar-refractivity contribution in [2.45, 2.75) is 39.4 Å². The van der Waals surface area contributed by atoms with E-state index in [0.29, 0.717) is 67.3 Å². The molecule has 0 spiro atoms. The monoisotopic (exact) mass is 482 g/mol. The Bertz CT molecular complexity index is 854. The summed E-state index contributed by atoms with van der Waals surface area (Å²) in [7, 11) is 0. The molecule has 9 nitrogen and oxygen atoms in total. The molecule has 1 aromatic carbocycles. The standard InChI is InChI=1S/C23H35ClN4O5/c1-5-31-20-9-19(25)18(24)8-17(20)21(29)26-10-16-14-27(6-7-32-16)11-15-12-28(13-15)22(30)33-23(2,3)4/h8-9,15-16H,5-7,10-14,25H2,1-4H3,(H,26,29). The first-order chi connectivity index (χ1) is 15.6. The molecule has 2 amide bonds. The molecule has 2 aliphatic rings. The zero-order valence-electron chi connectivity index (χ0n) is 19.9. The van der Waals surface area contributed by atoms with E-state index in [1.807, 2.05) is 27.7 Å². The number of nitrogen functional groups attached to an aromatic ring is 1. The van der Waals surface area contributed by atoms with Gasteiger partial charge in [-0.25, -0.2) is 4.79 Å². The van der Waals surface area contributed by atoms with Crippen molar-refractivity contribution in [2.24, 2.45) is 5.92 Å². The SMILES string of the molecule is CCOc1cc(N)c(Cl)cc1C(=O)NCC1CN(CC2CN(C(=O)OC(C)(C)C)C2)CCO1. The third-order valence-electron chi connectivity index (χ3n) is 5.48. The highest BCUT2D eigenvalue weighted by molar-refractivity contribution is 6.33. The maximum atomic E-state index is 12.8. The molecule has 33 heavy (non-hydrogen) atoms. The summed E-state index contributed by atoms with van der Waals surface area (Å²) in [5.41, 5.74) is 6.07. The number of morpholine rings is 1. The van der Waals surface area contributed by atoms with Gasteiger partial charge in [0.25, 0.3) is 5.91 Å². The molecule has 2 saturated heterocycles. The van der Waals surface area contributed by atoms with Crippen LogP contribution in [0.4, 0.5) is 10.5 Å². The van der Waals surface area contributed by atoms with Gasteiger partial charge in [0.15, 0.2) is 0 Å². The third-order valence-corrected chi connectivity index (χ3v) is 5.81. The summed E-state index contributed by atoms with van der Waals surface area (Å²) in [6, 6.07) is 3.09. The average molecular weight is 483 g/mol. The molecule has 1 unspecified atom stereocenters. The maximum Gasteiger partial charge on any atom is 0.410 e. The molecule has 1 atom stereocenters. The molecule has 0 saturated carbocycles. The number of likely N-dealkylation sites (tertiary alicyclic amines) is 1. The van der Waals surface area contributed by atoms with Gasteiger partial charge in [-0.1, -0.05) is 11.6 Å². The van der Waals surface area contributed by atoms with E-state index in [2.05, 4.69) is 10.2 Å². The van der Waals surface area contributed by atoms with Crippen LogP contribution < -0.4 is 15.8 Å². The van der Waals surface area contributed by atoms with Crippen LogP contribution in [0.3, 0.4) is 0 Å². The molecule has 1 aromatic rings. The van der Waals surface area contributed by atoms with E-state index < -0.39 is 5.60 Å². The topological polar surface area (TPSA) is 106 Å². The number of carbonyl (C=O) groups excluding carboxylic acids is 2. The molecule has 0 radical (unpaired) electrons. The lowest BCUT2D eigenvalue weighted by Crippen LogP contribution is -2.57. The molecule has 0 bridgehead atoms. The lowest BCUT2D eigenvalue weighted by atomic mass is 9.99. The molecule has 2 heterocycles. The van der Waals surface area contributed by atoms with Crippen molar-refractivity contribution < 1.29 is 23.8 Å². The van der Waals surface area contributed by atoms with Gasteiger partial charge in [0.1, 0.15) is 11.4 Å². The minimum absolute atomic E-state index is 0.121. The summed E-state index contributed by atoms with van der Waals surface area (Å²) in [4.78, 5) is 28.9. The number of nitrogens with two attached hydrogens (primary N) is 1. The Hall–Kier alpha value is -2.23. The highest BCUT2D eigenvalue weighted by Gasteiger charge is 2.35. The average Bonchev–Trinajstić information content (AvgIpc) is 2.70. The van der Waals surface area contributed by atoms with E-state index in [4.69, 9.17) is 31.5 Å². The maximum absolute atomic E-state index is 12.8. The Morgan fingerprint density at radius 2 is 2.00 bits per heavy atom. The molecule has 2 fully saturated rings. The van der Waals surface area contributed by atoms with Gasteiger partial charge in [-0.3, -0.25) is 9.69 Å². The van der Waals surface area contributed by atoms with Crippen LogP contribution >= 0.6 is 11.6 Å². The second-order valence-corrected chi connectivity index (χ2v) is 9.92. The van der Waals surface area contributed by atoms with E-state index in [1.54, 1.807) is 11.0 Å². The summed E-state index contributed by atoms with van der Waals surface area (Å²) in [6.45, 7) is 12.7.